The zero-order valence-corrected chi connectivity index (χ0v) is 13.4. The molecular formula is C14H13BrN2O3S. The lowest BCUT2D eigenvalue weighted by Gasteiger charge is -2.12. The summed E-state index contributed by atoms with van der Waals surface area (Å²) >= 11 is 4.79. The Hall–Kier alpha value is -1.73. The molecule has 0 radical (unpaired) electrons. The highest BCUT2D eigenvalue weighted by Gasteiger charge is 2.16. The first kappa shape index (κ1) is 14.2. The molecule has 0 fully saturated rings. The van der Waals surface area contributed by atoms with Gasteiger partial charge in [-0.25, -0.2) is 0 Å². The minimum Gasteiger partial charge on any atom is -0.489 e. The Balaban J connectivity index is 1.85. The average Bonchev–Trinajstić information content (AvgIpc) is 2.76. The van der Waals surface area contributed by atoms with Crippen LogP contribution >= 0.6 is 27.3 Å². The Morgan fingerprint density at radius 3 is 2.62 bits per heavy atom. The van der Waals surface area contributed by atoms with Crippen LogP contribution in [0.15, 0.2) is 27.4 Å². The van der Waals surface area contributed by atoms with Crippen molar-refractivity contribution in [3.8, 4) is 11.5 Å². The van der Waals surface area contributed by atoms with E-state index in [1.807, 2.05) is 0 Å². The molecule has 1 aliphatic heterocycles. The van der Waals surface area contributed by atoms with Crippen LogP contribution in [0.5, 0.6) is 11.5 Å². The zero-order chi connectivity index (χ0) is 14.8. The number of thiophene rings is 1. The van der Waals surface area contributed by atoms with Crippen molar-refractivity contribution in [3.63, 3.8) is 0 Å². The predicted octanol–water partition coefficient (Wildman–Crippen LogP) is 3.51. The van der Waals surface area contributed by atoms with Gasteiger partial charge in [0.25, 0.3) is 5.91 Å². The van der Waals surface area contributed by atoms with Gasteiger partial charge in [0.15, 0.2) is 11.5 Å². The van der Waals surface area contributed by atoms with Crippen molar-refractivity contribution in [1.29, 1.82) is 0 Å². The Morgan fingerprint density at radius 2 is 1.95 bits per heavy atom. The highest BCUT2D eigenvalue weighted by molar-refractivity contribution is 9.11. The second kappa shape index (κ2) is 5.95. The number of nitrogens with two attached hydrogens (primary N) is 1. The normalized spacial score (nSPS) is 13.6. The van der Waals surface area contributed by atoms with Crippen molar-refractivity contribution in [1.82, 2.24) is 0 Å². The maximum Gasteiger partial charge on any atom is 0.256 e. The van der Waals surface area contributed by atoms with E-state index in [0.717, 1.165) is 10.2 Å². The predicted molar refractivity (Wildman–Crippen MR) is 86.4 cm³/mol. The van der Waals surface area contributed by atoms with E-state index < -0.39 is 0 Å². The molecule has 0 unspecified atom stereocenters. The van der Waals surface area contributed by atoms with Gasteiger partial charge >= 0.3 is 0 Å². The van der Waals surface area contributed by atoms with Gasteiger partial charge in [-0.2, -0.15) is 0 Å². The van der Waals surface area contributed by atoms with Gasteiger partial charge in [0.1, 0.15) is 0 Å². The monoisotopic (exact) mass is 368 g/mol. The van der Waals surface area contributed by atoms with Crippen LogP contribution in [0, 0.1) is 0 Å². The Morgan fingerprint density at radius 1 is 1.24 bits per heavy atom. The fourth-order valence-corrected chi connectivity index (χ4v) is 3.09. The highest BCUT2D eigenvalue weighted by atomic mass is 79.9. The van der Waals surface area contributed by atoms with Crippen LogP contribution in [0.4, 0.5) is 11.4 Å². The van der Waals surface area contributed by atoms with Crippen molar-refractivity contribution in [2.75, 3.05) is 24.3 Å². The van der Waals surface area contributed by atoms with E-state index in [1.165, 1.54) is 11.3 Å². The number of rotatable bonds is 2. The molecule has 2 heterocycles. The highest BCUT2D eigenvalue weighted by Crippen LogP contribution is 2.37. The molecule has 0 atom stereocenters. The lowest BCUT2D eigenvalue weighted by molar-refractivity contribution is 0.102. The standard InChI is InChI=1S/C14H13BrN2O3S/c15-13-4-8(7-21-13)14(18)17-10-6-12-11(5-9(10)16)19-2-1-3-20-12/h4-7H,1-3,16H2,(H,17,18). The van der Waals surface area contributed by atoms with E-state index in [9.17, 15) is 4.79 Å². The molecule has 2 aromatic rings. The molecule has 1 aliphatic rings. The molecule has 1 aromatic heterocycles. The molecule has 1 aromatic carbocycles. The lowest BCUT2D eigenvalue weighted by atomic mass is 10.2. The lowest BCUT2D eigenvalue weighted by Crippen LogP contribution is -2.12. The van der Waals surface area contributed by atoms with E-state index in [0.29, 0.717) is 41.7 Å². The summed E-state index contributed by atoms with van der Waals surface area (Å²) in [5, 5.41) is 4.57. The fraction of sp³-hybridized carbons (Fsp3) is 0.214. The summed E-state index contributed by atoms with van der Waals surface area (Å²) in [6.45, 7) is 1.18. The molecule has 21 heavy (non-hydrogen) atoms. The summed E-state index contributed by atoms with van der Waals surface area (Å²) in [7, 11) is 0. The van der Waals surface area contributed by atoms with E-state index in [4.69, 9.17) is 15.2 Å². The molecule has 3 rings (SSSR count). The summed E-state index contributed by atoms with van der Waals surface area (Å²) < 4.78 is 12.1. The van der Waals surface area contributed by atoms with Gasteiger partial charge in [0.2, 0.25) is 0 Å². The number of hydrogen-bond acceptors (Lipinski definition) is 5. The van der Waals surface area contributed by atoms with Gasteiger partial charge in [-0.15, -0.1) is 11.3 Å². The molecule has 0 saturated heterocycles. The van der Waals surface area contributed by atoms with Crippen LogP contribution in [0.1, 0.15) is 16.8 Å². The van der Waals surface area contributed by atoms with E-state index >= 15 is 0 Å². The van der Waals surface area contributed by atoms with Crippen molar-refractivity contribution in [3.05, 3.63) is 32.9 Å². The molecule has 3 N–H and O–H groups in total. The number of ether oxygens (including phenoxy) is 2. The van der Waals surface area contributed by atoms with Crippen molar-refractivity contribution >= 4 is 44.5 Å². The number of amides is 1. The second-order valence-corrected chi connectivity index (χ2v) is 6.82. The first-order chi connectivity index (χ1) is 10.1. The minimum absolute atomic E-state index is 0.210. The van der Waals surface area contributed by atoms with Gasteiger partial charge < -0.3 is 20.5 Å². The summed E-state index contributed by atoms with van der Waals surface area (Å²) in [5.41, 5.74) is 7.52. The van der Waals surface area contributed by atoms with Crippen LogP contribution in [-0.2, 0) is 0 Å². The zero-order valence-electron chi connectivity index (χ0n) is 11.0. The number of nitrogen functional groups attached to an aromatic ring is 1. The van der Waals surface area contributed by atoms with E-state index in [1.54, 1.807) is 23.6 Å². The van der Waals surface area contributed by atoms with Crippen molar-refractivity contribution in [2.24, 2.45) is 0 Å². The number of fused-ring (bicyclic) bond motifs is 1. The van der Waals surface area contributed by atoms with Crippen LogP contribution in [-0.4, -0.2) is 19.1 Å². The number of carbonyl (C=O) groups is 1. The Bertz CT molecular complexity index is 687. The third kappa shape index (κ3) is 3.14. The smallest absolute Gasteiger partial charge is 0.256 e. The quantitative estimate of drug-likeness (QED) is 0.795. The number of hydrogen-bond donors (Lipinski definition) is 2. The van der Waals surface area contributed by atoms with E-state index in [2.05, 4.69) is 21.2 Å². The van der Waals surface area contributed by atoms with Crippen LogP contribution in [0.2, 0.25) is 0 Å². The molecule has 1 amide bonds. The molecule has 0 saturated carbocycles. The number of benzene rings is 1. The van der Waals surface area contributed by atoms with Gasteiger partial charge in [-0.3, -0.25) is 4.79 Å². The van der Waals surface area contributed by atoms with Gasteiger partial charge in [-0.1, -0.05) is 0 Å². The Kier molecular flexibility index (Phi) is 4.03. The Labute approximate surface area is 134 Å². The molecule has 7 heteroatoms. The summed E-state index contributed by atoms with van der Waals surface area (Å²) in [4.78, 5) is 12.2. The second-order valence-electron chi connectivity index (χ2n) is 4.53. The number of anilines is 2. The van der Waals surface area contributed by atoms with Crippen molar-refractivity contribution in [2.45, 2.75) is 6.42 Å². The minimum atomic E-state index is -0.210. The summed E-state index contributed by atoms with van der Waals surface area (Å²) in [5.74, 6) is 1.00. The maximum atomic E-state index is 12.2. The largest absolute Gasteiger partial charge is 0.489 e. The first-order valence-corrected chi connectivity index (χ1v) is 8.05. The molecule has 5 nitrogen and oxygen atoms in total. The third-order valence-corrected chi connectivity index (χ3v) is 4.50. The number of nitrogens with one attached hydrogen (secondary N) is 1. The molecule has 110 valence electrons. The van der Waals surface area contributed by atoms with Gasteiger partial charge in [-0.05, 0) is 22.0 Å². The molecule has 0 spiro atoms. The SMILES string of the molecule is Nc1cc2c(cc1NC(=O)c1csc(Br)c1)OCCCO2. The molecule has 0 aliphatic carbocycles. The topological polar surface area (TPSA) is 73.6 Å². The fourth-order valence-electron chi connectivity index (χ4n) is 1.96. The van der Waals surface area contributed by atoms with Crippen molar-refractivity contribution < 1.29 is 14.3 Å². The summed E-state index contributed by atoms with van der Waals surface area (Å²) in [6, 6.07) is 5.15. The summed E-state index contributed by atoms with van der Waals surface area (Å²) in [6.07, 6.45) is 0.819. The average molecular weight is 369 g/mol. The van der Waals surface area contributed by atoms with Crippen LogP contribution in [0.25, 0.3) is 0 Å². The van der Waals surface area contributed by atoms with Crippen LogP contribution in [0.3, 0.4) is 0 Å². The number of carbonyl (C=O) groups excluding carboxylic acids is 1. The van der Waals surface area contributed by atoms with E-state index in [-0.39, 0.29) is 5.91 Å². The number of halogens is 1. The third-order valence-electron chi connectivity index (χ3n) is 3.00. The molecular weight excluding hydrogens is 356 g/mol. The van der Waals surface area contributed by atoms with Crippen LogP contribution < -0.4 is 20.5 Å². The maximum absolute atomic E-state index is 12.2. The molecule has 0 bridgehead atoms. The first-order valence-electron chi connectivity index (χ1n) is 6.38. The van der Waals surface area contributed by atoms with Gasteiger partial charge in [0, 0.05) is 23.9 Å². The van der Waals surface area contributed by atoms with Gasteiger partial charge in [0.05, 0.1) is 33.9 Å².